The second-order valence-corrected chi connectivity index (χ2v) is 4.68. The molecule has 2 rings (SSSR count). The van der Waals surface area contributed by atoms with Gasteiger partial charge in [0.1, 0.15) is 0 Å². The monoisotopic (exact) mass is 283 g/mol. The minimum absolute atomic E-state index is 0.0962. The van der Waals surface area contributed by atoms with E-state index < -0.39 is 0 Å². The number of anilines is 1. The molecule has 0 saturated carbocycles. The van der Waals surface area contributed by atoms with Crippen LogP contribution in [0.5, 0.6) is 5.75 Å². The van der Waals surface area contributed by atoms with Crippen LogP contribution >= 0.6 is 15.9 Å². The van der Waals surface area contributed by atoms with Crippen molar-refractivity contribution in [3.05, 3.63) is 22.2 Å². The summed E-state index contributed by atoms with van der Waals surface area (Å²) in [5.41, 5.74) is 2.05. The smallest absolute Gasteiger partial charge is 0.230 e. The minimum Gasteiger partial charge on any atom is -0.490 e. The fraction of sp³-hybridized carbons (Fsp3) is 0.417. The summed E-state index contributed by atoms with van der Waals surface area (Å²) >= 11 is 3.49. The van der Waals surface area contributed by atoms with Gasteiger partial charge in [0, 0.05) is 7.05 Å². The lowest BCUT2D eigenvalue weighted by molar-refractivity contribution is -0.118. The van der Waals surface area contributed by atoms with Gasteiger partial charge in [-0.05, 0) is 40.0 Å². The van der Waals surface area contributed by atoms with Crippen LogP contribution in [0.4, 0.5) is 5.69 Å². The van der Waals surface area contributed by atoms with Crippen LogP contribution in [0.25, 0.3) is 0 Å². The van der Waals surface area contributed by atoms with Gasteiger partial charge in [-0.3, -0.25) is 4.79 Å². The second-order valence-electron chi connectivity index (χ2n) is 3.83. The molecule has 0 spiro atoms. The Balaban J connectivity index is 2.55. The van der Waals surface area contributed by atoms with Crippen molar-refractivity contribution >= 4 is 27.5 Å². The van der Waals surface area contributed by atoms with Crippen LogP contribution in [-0.2, 0) is 11.2 Å². The van der Waals surface area contributed by atoms with Crippen LogP contribution in [0.2, 0.25) is 0 Å². The fourth-order valence-corrected chi connectivity index (χ4v) is 2.38. The van der Waals surface area contributed by atoms with Crippen molar-refractivity contribution in [2.45, 2.75) is 19.8 Å². The van der Waals surface area contributed by atoms with Crippen molar-refractivity contribution in [2.75, 3.05) is 18.6 Å². The SMILES string of the molecule is CCc1cc(Br)c2c(c1)N(C)C(=O)CCO2. The molecule has 1 heterocycles. The summed E-state index contributed by atoms with van der Waals surface area (Å²) in [6.07, 6.45) is 1.37. The van der Waals surface area contributed by atoms with E-state index in [-0.39, 0.29) is 5.91 Å². The molecule has 1 aromatic carbocycles. The Labute approximate surface area is 104 Å². The molecule has 1 amide bonds. The molecule has 0 aliphatic carbocycles. The third-order valence-electron chi connectivity index (χ3n) is 2.79. The number of nitrogens with zero attached hydrogens (tertiary/aromatic N) is 1. The average molecular weight is 284 g/mol. The van der Waals surface area contributed by atoms with Crippen molar-refractivity contribution < 1.29 is 9.53 Å². The van der Waals surface area contributed by atoms with Crippen LogP contribution in [0.3, 0.4) is 0 Å². The third-order valence-corrected chi connectivity index (χ3v) is 3.38. The highest BCUT2D eigenvalue weighted by molar-refractivity contribution is 9.10. The molecule has 1 aromatic rings. The number of halogens is 1. The van der Waals surface area contributed by atoms with Crippen LogP contribution in [-0.4, -0.2) is 19.6 Å². The molecular formula is C12H14BrNO2. The van der Waals surface area contributed by atoms with Crippen LogP contribution in [0.15, 0.2) is 16.6 Å². The Hall–Kier alpha value is -1.03. The lowest BCUT2D eigenvalue weighted by Crippen LogP contribution is -2.25. The molecule has 0 saturated heterocycles. The minimum atomic E-state index is 0.0962. The number of rotatable bonds is 1. The van der Waals surface area contributed by atoms with Gasteiger partial charge >= 0.3 is 0 Å². The summed E-state index contributed by atoms with van der Waals surface area (Å²) in [5, 5.41) is 0. The summed E-state index contributed by atoms with van der Waals surface area (Å²) in [6, 6.07) is 4.06. The second kappa shape index (κ2) is 4.45. The molecule has 0 aromatic heterocycles. The van der Waals surface area contributed by atoms with E-state index in [1.807, 2.05) is 12.1 Å². The fourth-order valence-electron chi connectivity index (χ4n) is 1.77. The highest BCUT2D eigenvalue weighted by Crippen LogP contribution is 2.38. The van der Waals surface area contributed by atoms with Gasteiger partial charge in [0.05, 0.1) is 23.2 Å². The van der Waals surface area contributed by atoms with Gasteiger partial charge in [0.25, 0.3) is 0 Å². The number of hydrogen-bond donors (Lipinski definition) is 0. The van der Waals surface area contributed by atoms with Gasteiger partial charge in [-0.1, -0.05) is 6.92 Å². The standard InChI is InChI=1S/C12H14BrNO2/c1-3-8-6-9(13)12-10(7-8)14(2)11(15)4-5-16-12/h6-7H,3-5H2,1-2H3. The number of benzene rings is 1. The summed E-state index contributed by atoms with van der Waals surface area (Å²) < 4.78 is 6.53. The number of aryl methyl sites for hydroxylation is 1. The van der Waals surface area contributed by atoms with Gasteiger partial charge in [-0.2, -0.15) is 0 Å². The van der Waals surface area contributed by atoms with Gasteiger partial charge in [-0.15, -0.1) is 0 Å². The van der Waals surface area contributed by atoms with Crippen molar-refractivity contribution in [1.29, 1.82) is 0 Å². The molecular weight excluding hydrogens is 270 g/mol. The molecule has 3 nitrogen and oxygen atoms in total. The highest BCUT2D eigenvalue weighted by Gasteiger charge is 2.22. The van der Waals surface area contributed by atoms with E-state index in [1.165, 1.54) is 5.56 Å². The van der Waals surface area contributed by atoms with E-state index in [2.05, 4.69) is 22.9 Å². The molecule has 0 bridgehead atoms. The van der Waals surface area contributed by atoms with Crippen molar-refractivity contribution in [3.63, 3.8) is 0 Å². The number of hydrogen-bond acceptors (Lipinski definition) is 2. The number of amides is 1. The largest absolute Gasteiger partial charge is 0.490 e. The Kier molecular flexibility index (Phi) is 3.19. The Morgan fingerprint density at radius 3 is 2.94 bits per heavy atom. The first-order chi connectivity index (χ1) is 7.63. The highest BCUT2D eigenvalue weighted by atomic mass is 79.9. The lowest BCUT2D eigenvalue weighted by Gasteiger charge is -2.18. The van der Waals surface area contributed by atoms with E-state index in [1.54, 1.807) is 11.9 Å². The molecule has 1 aliphatic rings. The topological polar surface area (TPSA) is 29.5 Å². The van der Waals surface area contributed by atoms with Crippen molar-refractivity contribution in [3.8, 4) is 5.75 Å². The number of ether oxygens (including phenoxy) is 1. The molecule has 16 heavy (non-hydrogen) atoms. The molecule has 0 radical (unpaired) electrons. The molecule has 0 fully saturated rings. The van der Waals surface area contributed by atoms with E-state index in [0.717, 1.165) is 22.3 Å². The van der Waals surface area contributed by atoms with E-state index in [0.29, 0.717) is 13.0 Å². The van der Waals surface area contributed by atoms with Crippen molar-refractivity contribution in [1.82, 2.24) is 0 Å². The zero-order valence-corrected chi connectivity index (χ0v) is 11.0. The van der Waals surface area contributed by atoms with E-state index in [9.17, 15) is 4.79 Å². The average Bonchev–Trinajstić information content (AvgIpc) is 2.41. The van der Waals surface area contributed by atoms with Crippen molar-refractivity contribution in [2.24, 2.45) is 0 Å². The quantitative estimate of drug-likeness (QED) is 0.793. The van der Waals surface area contributed by atoms with Gasteiger partial charge in [-0.25, -0.2) is 0 Å². The summed E-state index contributed by atoms with van der Waals surface area (Å²) in [7, 11) is 1.79. The first-order valence-electron chi connectivity index (χ1n) is 5.35. The van der Waals surface area contributed by atoms with Gasteiger partial charge in [0.2, 0.25) is 5.91 Å². The summed E-state index contributed by atoms with van der Waals surface area (Å²) in [5.74, 6) is 0.865. The zero-order chi connectivity index (χ0) is 11.7. The Morgan fingerprint density at radius 2 is 2.25 bits per heavy atom. The lowest BCUT2D eigenvalue weighted by atomic mass is 10.1. The Bertz CT molecular complexity index is 431. The maximum atomic E-state index is 11.7. The maximum Gasteiger partial charge on any atom is 0.230 e. The third kappa shape index (κ3) is 1.94. The molecule has 1 aliphatic heterocycles. The predicted molar refractivity (Wildman–Crippen MR) is 67.0 cm³/mol. The normalized spacial score (nSPS) is 15.4. The van der Waals surface area contributed by atoms with Gasteiger partial charge < -0.3 is 9.64 Å². The zero-order valence-electron chi connectivity index (χ0n) is 9.42. The number of carbonyl (C=O) groups is 1. The van der Waals surface area contributed by atoms with Crippen LogP contribution < -0.4 is 9.64 Å². The Morgan fingerprint density at radius 1 is 1.50 bits per heavy atom. The predicted octanol–water partition coefficient (Wildman–Crippen LogP) is 2.76. The van der Waals surface area contributed by atoms with Gasteiger partial charge in [0.15, 0.2) is 5.75 Å². The number of fused-ring (bicyclic) bond motifs is 1. The van der Waals surface area contributed by atoms with E-state index in [4.69, 9.17) is 4.74 Å². The maximum absolute atomic E-state index is 11.7. The molecule has 0 N–H and O–H groups in total. The number of carbonyl (C=O) groups excluding carboxylic acids is 1. The van der Waals surface area contributed by atoms with Crippen LogP contribution in [0, 0.1) is 0 Å². The molecule has 0 unspecified atom stereocenters. The van der Waals surface area contributed by atoms with Crippen LogP contribution in [0.1, 0.15) is 18.9 Å². The molecule has 86 valence electrons. The molecule has 0 atom stereocenters. The first-order valence-corrected chi connectivity index (χ1v) is 6.14. The van der Waals surface area contributed by atoms with E-state index >= 15 is 0 Å². The summed E-state index contributed by atoms with van der Waals surface area (Å²) in [6.45, 7) is 2.54. The first kappa shape index (κ1) is 11.5. The molecule has 4 heteroatoms. The summed E-state index contributed by atoms with van der Waals surface area (Å²) in [4.78, 5) is 13.4.